The zero-order valence-corrected chi connectivity index (χ0v) is 18.9. The summed E-state index contributed by atoms with van der Waals surface area (Å²) >= 11 is 6.04. The molecule has 0 aliphatic carbocycles. The third-order valence-corrected chi connectivity index (χ3v) is 5.65. The van der Waals surface area contributed by atoms with Crippen molar-refractivity contribution in [1.82, 2.24) is 15.3 Å². The Kier molecular flexibility index (Phi) is 7.02. The van der Waals surface area contributed by atoms with Crippen LogP contribution in [0.25, 0.3) is 10.8 Å². The summed E-state index contributed by atoms with van der Waals surface area (Å²) in [6.07, 6.45) is 5.05. The number of hydrogen-bond acceptors (Lipinski definition) is 5. The molecule has 4 rings (SSSR count). The van der Waals surface area contributed by atoms with E-state index in [1.54, 1.807) is 12.4 Å². The molecule has 0 spiro atoms. The van der Waals surface area contributed by atoms with Crippen LogP contribution in [0, 0.1) is 5.82 Å². The molecule has 0 saturated carbocycles. The number of alkyl halides is 2. The highest BCUT2D eigenvalue weighted by Crippen LogP contribution is 2.28. The molecule has 35 heavy (non-hydrogen) atoms. The van der Waals surface area contributed by atoms with E-state index < -0.39 is 42.1 Å². The number of halogens is 4. The minimum Gasteiger partial charge on any atom is -0.361 e. The first-order valence-electron chi connectivity index (χ1n) is 10.5. The Labute approximate surface area is 203 Å². The molecule has 3 aromatic heterocycles. The minimum atomic E-state index is -3.55. The van der Waals surface area contributed by atoms with E-state index in [1.807, 2.05) is 24.3 Å². The van der Waals surface area contributed by atoms with E-state index in [-0.39, 0.29) is 21.9 Å². The zero-order chi connectivity index (χ0) is 25.0. The first-order chi connectivity index (χ1) is 16.8. The van der Waals surface area contributed by atoms with Gasteiger partial charge in [-0.25, -0.2) is 9.37 Å². The number of fused-ring (bicyclic) bond motifs is 1. The lowest BCUT2D eigenvalue weighted by molar-refractivity contribution is -0.913. The number of nitrogens with one attached hydrogen (secondary N) is 2. The van der Waals surface area contributed by atoms with E-state index in [9.17, 15) is 18.8 Å². The van der Waals surface area contributed by atoms with Gasteiger partial charge in [0.05, 0.1) is 18.0 Å². The fraction of sp³-hybridized carbons (Fsp3) is 0.167. The van der Waals surface area contributed by atoms with Crippen molar-refractivity contribution < 1.29 is 27.9 Å². The summed E-state index contributed by atoms with van der Waals surface area (Å²) in [6.45, 7) is -0.893. The van der Waals surface area contributed by atoms with Gasteiger partial charge in [0, 0.05) is 52.9 Å². The van der Waals surface area contributed by atoms with E-state index in [0.29, 0.717) is 0 Å². The molecule has 0 radical (unpaired) electrons. The summed E-state index contributed by atoms with van der Waals surface area (Å²) < 4.78 is 44.3. The van der Waals surface area contributed by atoms with Crippen LogP contribution in [-0.4, -0.2) is 27.6 Å². The highest BCUT2D eigenvalue weighted by Gasteiger charge is 2.41. The number of pyridine rings is 3. The third-order valence-electron chi connectivity index (χ3n) is 5.32. The van der Waals surface area contributed by atoms with Crippen LogP contribution in [0.1, 0.15) is 16.8 Å². The van der Waals surface area contributed by atoms with Gasteiger partial charge in [0.1, 0.15) is 0 Å². The van der Waals surface area contributed by atoms with Crippen LogP contribution in [0.2, 0.25) is 5.02 Å². The lowest BCUT2D eigenvalue weighted by Gasteiger charge is -2.16. The molecule has 3 N–H and O–H groups in total. The normalized spacial score (nSPS) is 11.4. The third kappa shape index (κ3) is 5.43. The fourth-order valence-corrected chi connectivity index (χ4v) is 3.73. The molecular weight excluding hydrogens is 483 g/mol. The average molecular weight is 503 g/mol. The van der Waals surface area contributed by atoms with Crippen LogP contribution >= 0.6 is 11.6 Å². The van der Waals surface area contributed by atoms with Crippen LogP contribution in [0.15, 0.2) is 67.3 Å². The van der Waals surface area contributed by atoms with Crippen LogP contribution < -0.4 is 15.4 Å². The zero-order valence-electron chi connectivity index (χ0n) is 18.2. The highest BCUT2D eigenvalue weighted by molar-refractivity contribution is 6.31. The van der Waals surface area contributed by atoms with Crippen molar-refractivity contribution >= 4 is 34.1 Å². The predicted molar refractivity (Wildman–Crippen MR) is 123 cm³/mol. The van der Waals surface area contributed by atoms with Crippen LogP contribution in [0.5, 0.6) is 0 Å². The quantitative estimate of drug-likeness (QED) is 0.250. The van der Waals surface area contributed by atoms with E-state index in [4.69, 9.17) is 11.6 Å². The predicted octanol–water partition coefficient (Wildman–Crippen LogP) is 4.01. The van der Waals surface area contributed by atoms with Crippen molar-refractivity contribution in [3.63, 3.8) is 0 Å². The summed E-state index contributed by atoms with van der Waals surface area (Å²) in [6, 6.07) is 11.3. The Hall–Kier alpha value is -3.92. The van der Waals surface area contributed by atoms with Crippen molar-refractivity contribution in [3.8, 4) is 0 Å². The number of benzene rings is 1. The largest absolute Gasteiger partial charge is 0.361 e. The van der Waals surface area contributed by atoms with Crippen LogP contribution in [0.4, 0.5) is 19.0 Å². The second-order valence-corrected chi connectivity index (χ2v) is 8.12. The molecule has 0 unspecified atom stereocenters. The topological polar surface area (TPSA) is 91.0 Å². The van der Waals surface area contributed by atoms with Gasteiger partial charge in [0.25, 0.3) is 0 Å². The molecule has 11 heteroatoms. The van der Waals surface area contributed by atoms with Gasteiger partial charge >= 0.3 is 11.6 Å². The fourth-order valence-electron chi connectivity index (χ4n) is 3.54. The number of carbonyl (C=O) groups excluding carboxylic acids is 1. The molecule has 0 atom stereocenters. The lowest BCUT2D eigenvalue weighted by atomic mass is 10.1. The first kappa shape index (κ1) is 24.2. The van der Waals surface area contributed by atoms with Crippen molar-refractivity contribution in [1.29, 1.82) is 0 Å². The van der Waals surface area contributed by atoms with Gasteiger partial charge in [-0.05, 0) is 17.0 Å². The number of hydrogen-bond donors (Lipinski definition) is 3. The number of amides is 1. The first-order valence-corrected chi connectivity index (χ1v) is 10.9. The molecule has 4 aromatic rings. The second-order valence-electron chi connectivity index (χ2n) is 7.71. The highest BCUT2D eigenvalue weighted by atomic mass is 35.5. The van der Waals surface area contributed by atoms with Crippen molar-refractivity contribution in [2.24, 2.45) is 0 Å². The van der Waals surface area contributed by atoms with E-state index in [1.165, 1.54) is 12.1 Å². The van der Waals surface area contributed by atoms with Crippen molar-refractivity contribution in [2.75, 3.05) is 11.9 Å². The van der Waals surface area contributed by atoms with Gasteiger partial charge < -0.3 is 10.6 Å². The number of carbonyl (C=O) groups is 1. The van der Waals surface area contributed by atoms with Gasteiger partial charge in [0.2, 0.25) is 12.1 Å². The van der Waals surface area contributed by atoms with Crippen LogP contribution in [0.3, 0.4) is 0 Å². The molecule has 0 aliphatic rings. The Morgan fingerprint density at radius 3 is 2.69 bits per heavy atom. The summed E-state index contributed by atoms with van der Waals surface area (Å²) in [5, 5.41) is 16.3. The molecule has 3 heterocycles. The van der Waals surface area contributed by atoms with Crippen molar-refractivity contribution in [2.45, 2.75) is 18.9 Å². The second kappa shape index (κ2) is 10.1. The smallest absolute Gasteiger partial charge is 0.351 e. The number of nitrogens with zero attached hydrogens (tertiary/aromatic N) is 3. The maximum absolute atomic E-state index is 15.0. The lowest BCUT2D eigenvalue weighted by Crippen LogP contribution is -2.43. The Morgan fingerprint density at radius 1 is 1.11 bits per heavy atom. The molecular formula is C24H20ClF3N5O2+. The monoisotopic (exact) mass is 502 g/mol. The van der Waals surface area contributed by atoms with E-state index in [2.05, 4.69) is 20.6 Å². The molecule has 180 valence electrons. The van der Waals surface area contributed by atoms with E-state index in [0.717, 1.165) is 34.8 Å². The van der Waals surface area contributed by atoms with Gasteiger partial charge in [-0.3, -0.25) is 15.0 Å². The van der Waals surface area contributed by atoms with Gasteiger partial charge in [-0.2, -0.15) is 8.78 Å². The molecule has 0 saturated heterocycles. The van der Waals surface area contributed by atoms with Gasteiger partial charge in [-0.1, -0.05) is 35.9 Å². The summed E-state index contributed by atoms with van der Waals surface area (Å²) in [5.74, 6) is -5.57. The van der Waals surface area contributed by atoms with Crippen LogP contribution in [-0.2, 0) is 23.7 Å². The molecule has 0 bridgehead atoms. The maximum atomic E-state index is 15.0. The SMILES string of the molecule is O=C(Cc1c(Cl)cnc(NCC(F)(F)c2cccc[n+]2O)c1F)NCc1cncc2ccccc12. The number of anilines is 1. The minimum absolute atomic E-state index is 0.113. The van der Waals surface area contributed by atoms with Crippen molar-refractivity contribution in [3.05, 3.63) is 94.9 Å². The van der Waals surface area contributed by atoms with E-state index >= 15 is 4.39 Å². The maximum Gasteiger partial charge on any atom is 0.351 e. The molecule has 0 aliphatic heterocycles. The Balaban J connectivity index is 1.45. The Morgan fingerprint density at radius 2 is 1.89 bits per heavy atom. The Bertz CT molecular complexity index is 1380. The molecule has 1 aromatic carbocycles. The number of aromatic nitrogens is 3. The molecule has 0 fully saturated rings. The van der Waals surface area contributed by atoms with Gasteiger partial charge in [-0.15, -0.1) is 0 Å². The molecule has 1 amide bonds. The molecule has 7 nitrogen and oxygen atoms in total. The summed E-state index contributed by atoms with van der Waals surface area (Å²) in [7, 11) is 0. The average Bonchev–Trinajstić information content (AvgIpc) is 2.85. The number of rotatable bonds is 8. The summed E-state index contributed by atoms with van der Waals surface area (Å²) in [5.41, 5.74) is -0.0910. The summed E-state index contributed by atoms with van der Waals surface area (Å²) in [4.78, 5) is 20.4. The van der Waals surface area contributed by atoms with Gasteiger partial charge in [0.15, 0.2) is 11.6 Å². The standard InChI is InChI=1S/C24H19ClF3N5O2/c25-19-13-31-23(32-14-24(27,28)20-7-3-4-8-33(20)35)22(26)18(19)9-21(34)30-12-16-11-29-10-15-5-1-2-6-17(15)16/h1-8,10-11,13H,9,12,14H2,(H2-,30,31,32,34,35)/p+1.